The highest BCUT2D eigenvalue weighted by Gasteiger charge is 2.10. The summed E-state index contributed by atoms with van der Waals surface area (Å²) >= 11 is 7.60. The van der Waals surface area contributed by atoms with E-state index in [0.29, 0.717) is 23.8 Å². The van der Waals surface area contributed by atoms with E-state index in [-0.39, 0.29) is 11.9 Å². The molecular formula is C15H16ClNO2S. The normalized spacial score (nSPS) is 11.9. The summed E-state index contributed by atoms with van der Waals surface area (Å²) in [4.78, 5) is 12.9. The number of hydrogen-bond acceptors (Lipinski definition) is 3. The van der Waals surface area contributed by atoms with Gasteiger partial charge in [-0.2, -0.15) is 0 Å². The summed E-state index contributed by atoms with van der Waals surface area (Å²) in [6.45, 7) is 2.28. The summed E-state index contributed by atoms with van der Waals surface area (Å²) in [6.07, 6.45) is 0.306. The molecule has 0 radical (unpaired) electrons. The molecule has 3 nitrogen and oxygen atoms in total. The third-order valence-corrected chi connectivity index (χ3v) is 4.14. The summed E-state index contributed by atoms with van der Waals surface area (Å²) in [5, 5.41) is 5.50. The molecular weight excluding hydrogens is 294 g/mol. The highest BCUT2D eigenvalue weighted by Crippen LogP contribution is 2.23. The molecule has 1 aromatic carbocycles. The number of carbonyl (C=O) groups is 1. The monoisotopic (exact) mass is 309 g/mol. The Morgan fingerprint density at radius 1 is 1.35 bits per heavy atom. The number of para-hydroxylation sites is 1. The fraction of sp³-hybridized carbons (Fsp3) is 0.267. The lowest BCUT2D eigenvalue weighted by Crippen LogP contribution is -2.27. The van der Waals surface area contributed by atoms with Gasteiger partial charge in [0.15, 0.2) is 0 Å². The first-order valence-corrected chi connectivity index (χ1v) is 7.62. The molecule has 106 valence electrons. The van der Waals surface area contributed by atoms with Gasteiger partial charge in [0.1, 0.15) is 5.75 Å². The van der Waals surface area contributed by atoms with E-state index in [0.717, 1.165) is 4.88 Å². The average Bonchev–Trinajstić information content (AvgIpc) is 2.95. The van der Waals surface area contributed by atoms with Gasteiger partial charge < -0.3 is 10.1 Å². The Labute approximate surface area is 127 Å². The molecule has 0 fully saturated rings. The molecule has 1 atom stereocenters. The lowest BCUT2D eigenvalue weighted by atomic mass is 10.2. The molecule has 0 aliphatic rings. The van der Waals surface area contributed by atoms with Crippen LogP contribution >= 0.6 is 22.9 Å². The number of carbonyl (C=O) groups excluding carboxylic acids is 1. The van der Waals surface area contributed by atoms with Gasteiger partial charge in [-0.1, -0.05) is 29.8 Å². The first kappa shape index (κ1) is 14.9. The van der Waals surface area contributed by atoms with Gasteiger partial charge in [-0.15, -0.1) is 11.3 Å². The number of rotatable bonds is 6. The lowest BCUT2D eigenvalue weighted by Gasteiger charge is -2.12. The van der Waals surface area contributed by atoms with Gasteiger partial charge in [-0.3, -0.25) is 4.79 Å². The quantitative estimate of drug-likeness (QED) is 0.874. The van der Waals surface area contributed by atoms with Crippen molar-refractivity contribution in [3.8, 4) is 5.75 Å². The molecule has 1 N–H and O–H groups in total. The molecule has 1 unspecified atom stereocenters. The van der Waals surface area contributed by atoms with Gasteiger partial charge in [-0.05, 0) is 30.5 Å². The van der Waals surface area contributed by atoms with Crippen molar-refractivity contribution >= 4 is 28.8 Å². The fourth-order valence-electron chi connectivity index (χ4n) is 1.74. The van der Waals surface area contributed by atoms with Crippen LogP contribution in [0, 0.1) is 0 Å². The summed E-state index contributed by atoms with van der Waals surface area (Å²) in [6, 6.07) is 11.2. The third kappa shape index (κ3) is 4.25. The van der Waals surface area contributed by atoms with Crippen molar-refractivity contribution in [2.45, 2.75) is 19.4 Å². The Bertz CT molecular complexity index is 557. The average molecular weight is 310 g/mol. The van der Waals surface area contributed by atoms with E-state index in [1.807, 2.05) is 36.6 Å². The molecule has 1 heterocycles. The van der Waals surface area contributed by atoms with Gasteiger partial charge in [0.2, 0.25) is 5.91 Å². The maximum atomic E-state index is 11.8. The molecule has 0 saturated carbocycles. The Kier molecular flexibility index (Phi) is 5.44. The van der Waals surface area contributed by atoms with E-state index in [9.17, 15) is 4.79 Å². The van der Waals surface area contributed by atoms with Crippen LogP contribution in [0.25, 0.3) is 0 Å². The van der Waals surface area contributed by atoms with Crippen LogP contribution in [0.1, 0.15) is 24.3 Å². The van der Waals surface area contributed by atoms with E-state index < -0.39 is 0 Å². The smallest absolute Gasteiger partial charge is 0.223 e. The van der Waals surface area contributed by atoms with E-state index in [2.05, 4.69) is 5.32 Å². The second-order valence-corrected chi connectivity index (χ2v) is 5.72. The minimum atomic E-state index is -0.0297. The maximum Gasteiger partial charge on any atom is 0.223 e. The van der Waals surface area contributed by atoms with Crippen molar-refractivity contribution in [3.05, 3.63) is 51.7 Å². The predicted octanol–water partition coefficient (Wildman–Crippen LogP) is 4.05. The van der Waals surface area contributed by atoms with Crippen molar-refractivity contribution in [2.24, 2.45) is 0 Å². The Morgan fingerprint density at radius 2 is 2.15 bits per heavy atom. The molecule has 20 heavy (non-hydrogen) atoms. The largest absolute Gasteiger partial charge is 0.491 e. The van der Waals surface area contributed by atoms with Crippen LogP contribution in [0.3, 0.4) is 0 Å². The molecule has 1 amide bonds. The summed E-state index contributed by atoms with van der Waals surface area (Å²) in [7, 11) is 0. The van der Waals surface area contributed by atoms with Crippen LogP contribution in [-0.4, -0.2) is 12.5 Å². The number of benzene rings is 1. The SMILES string of the molecule is CC(NC(=O)CCOc1ccccc1Cl)c1cccs1. The molecule has 5 heteroatoms. The first-order valence-electron chi connectivity index (χ1n) is 6.37. The molecule has 0 saturated heterocycles. The zero-order chi connectivity index (χ0) is 14.4. The van der Waals surface area contributed by atoms with Gasteiger partial charge in [0.25, 0.3) is 0 Å². The van der Waals surface area contributed by atoms with Crippen LogP contribution in [-0.2, 0) is 4.79 Å². The van der Waals surface area contributed by atoms with E-state index in [1.54, 1.807) is 23.5 Å². The van der Waals surface area contributed by atoms with Crippen molar-refractivity contribution in [1.82, 2.24) is 5.32 Å². The molecule has 2 aromatic rings. The van der Waals surface area contributed by atoms with Gasteiger partial charge in [0, 0.05) is 4.88 Å². The van der Waals surface area contributed by atoms with Crippen LogP contribution in [0.2, 0.25) is 5.02 Å². The maximum absolute atomic E-state index is 11.8. The second kappa shape index (κ2) is 7.31. The first-order chi connectivity index (χ1) is 9.66. The molecule has 0 bridgehead atoms. The Hall–Kier alpha value is -1.52. The summed E-state index contributed by atoms with van der Waals surface area (Å²) in [5.74, 6) is 0.575. The zero-order valence-electron chi connectivity index (χ0n) is 11.1. The molecule has 0 aliphatic carbocycles. The highest BCUT2D eigenvalue weighted by atomic mass is 35.5. The molecule has 2 rings (SSSR count). The standard InChI is InChI=1S/C15H16ClNO2S/c1-11(14-7-4-10-20-14)17-15(18)8-9-19-13-6-3-2-5-12(13)16/h2-7,10-11H,8-9H2,1H3,(H,17,18). The number of hydrogen-bond donors (Lipinski definition) is 1. The second-order valence-electron chi connectivity index (χ2n) is 4.33. The van der Waals surface area contributed by atoms with Gasteiger partial charge in [0.05, 0.1) is 24.1 Å². The van der Waals surface area contributed by atoms with Crippen LogP contribution in [0.4, 0.5) is 0 Å². The minimum absolute atomic E-state index is 0.0297. The van der Waals surface area contributed by atoms with Crippen LogP contribution in [0.15, 0.2) is 41.8 Å². The van der Waals surface area contributed by atoms with Gasteiger partial charge >= 0.3 is 0 Å². The van der Waals surface area contributed by atoms with Crippen LogP contribution < -0.4 is 10.1 Å². The number of amides is 1. The summed E-state index contributed by atoms with van der Waals surface area (Å²) in [5.41, 5.74) is 0. The number of thiophene rings is 1. The van der Waals surface area contributed by atoms with Crippen molar-refractivity contribution < 1.29 is 9.53 Å². The molecule has 0 spiro atoms. The van der Waals surface area contributed by atoms with Crippen molar-refractivity contribution in [2.75, 3.05) is 6.61 Å². The number of halogens is 1. The molecule has 0 aliphatic heterocycles. The van der Waals surface area contributed by atoms with Gasteiger partial charge in [-0.25, -0.2) is 0 Å². The Balaban J connectivity index is 1.74. The van der Waals surface area contributed by atoms with Crippen LogP contribution in [0.5, 0.6) is 5.75 Å². The van der Waals surface area contributed by atoms with E-state index in [1.165, 1.54) is 0 Å². The number of ether oxygens (including phenoxy) is 1. The fourth-order valence-corrected chi connectivity index (χ4v) is 2.66. The third-order valence-electron chi connectivity index (χ3n) is 2.77. The van der Waals surface area contributed by atoms with Crippen molar-refractivity contribution in [1.29, 1.82) is 0 Å². The minimum Gasteiger partial charge on any atom is -0.491 e. The zero-order valence-corrected chi connectivity index (χ0v) is 12.7. The highest BCUT2D eigenvalue weighted by molar-refractivity contribution is 7.10. The number of nitrogens with one attached hydrogen (secondary N) is 1. The topological polar surface area (TPSA) is 38.3 Å². The van der Waals surface area contributed by atoms with Crippen molar-refractivity contribution in [3.63, 3.8) is 0 Å². The predicted molar refractivity (Wildman–Crippen MR) is 82.4 cm³/mol. The lowest BCUT2D eigenvalue weighted by molar-refractivity contribution is -0.122. The molecule has 1 aromatic heterocycles. The summed E-state index contributed by atoms with van der Waals surface area (Å²) < 4.78 is 5.49. The Morgan fingerprint density at radius 3 is 2.85 bits per heavy atom. The van der Waals surface area contributed by atoms with E-state index in [4.69, 9.17) is 16.3 Å². The van der Waals surface area contributed by atoms with E-state index >= 15 is 0 Å².